The highest BCUT2D eigenvalue weighted by molar-refractivity contribution is 6.30. The molecule has 0 spiro atoms. The van der Waals surface area contributed by atoms with E-state index in [1.807, 2.05) is 31.2 Å². The number of carbonyl (C=O) groups is 1. The van der Waals surface area contributed by atoms with Gasteiger partial charge in [-0.3, -0.25) is 9.78 Å². The fourth-order valence-electron chi connectivity index (χ4n) is 2.64. The highest BCUT2D eigenvalue weighted by Crippen LogP contribution is 2.25. The van der Waals surface area contributed by atoms with Crippen LogP contribution in [0.15, 0.2) is 42.5 Å². The molecule has 0 bridgehead atoms. The molecular formula is C18H14ClFN2O. The number of aryl methyl sites for hydroxylation is 2. The van der Waals surface area contributed by atoms with Gasteiger partial charge in [0.1, 0.15) is 5.82 Å². The summed E-state index contributed by atoms with van der Waals surface area (Å²) in [5.74, 6) is -0.964. The van der Waals surface area contributed by atoms with Crippen LogP contribution in [-0.2, 0) is 0 Å². The van der Waals surface area contributed by atoms with Gasteiger partial charge in [-0.05, 0) is 43.7 Å². The van der Waals surface area contributed by atoms with Crippen molar-refractivity contribution < 1.29 is 9.18 Å². The molecule has 5 heteroatoms. The van der Waals surface area contributed by atoms with Crippen molar-refractivity contribution in [2.24, 2.45) is 0 Å². The number of nitrogens with one attached hydrogen (secondary N) is 1. The second-order valence-corrected chi connectivity index (χ2v) is 5.73. The van der Waals surface area contributed by atoms with E-state index in [9.17, 15) is 9.18 Å². The molecule has 0 unspecified atom stereocenters. The third-order valence-corrected chi connectivity index (χ3v) is 3.97. The van der Waals surface area contributed by atoms with Crippen LogP contribution in [0.2, 0.25) is 5.02 Å². The van der Waals surface area contributed by atoms with E-state index in [-0.39, 0.29) is 16.6 Å². The molecule has 1 amide bonds. The molecule has 23 heavy (non-hydrogen) atoms. The number of halogens is 2. The Balaban J connectivity index is 2.04. The van der Waals surface area contributed by atoms with Gasteiger partial charge in [0.05, 0.1) is 22.5 Å². The number of rotatable bonds is 2. The van der Waals surface area contributed by atoms with Crippen LogP contribution in [0.25, 0.3) is 10.9 Å². The fourth-order valence-corrected chi connectivity index (χ4v) is 2.80. The fraction of sp³-hybridized carbons (Fsp3) is 0.111. The van der Waals surface area contributed by atoms with E-state index in [0.29, 0.717) is 11.3 Å². The first-order valence-electron chi connectivity index (χ1n) is 7.09. The lowest BCUT2D eigenvalue weighted by Gasteiger charge is -2.13. The number of aromatic nitrogens is 1. The number of fused-ring (bicyclic) bond motifs is 1. The summed E-state index contributed by atoms with van der Waals surface area (Å²) in [6.07, 6.45) is 0. The molecular weight excluding hydrogens is 315 g/mol. The third kappa shape index (κ3) is 2.90. The first kappa shape index (κ1) is 15.4. The smallest absolute Gasteiger partial charge is 0.257 e. The summed E-state index contributed by atoms with van der Waals surface area (Å²) in [6, 6.07) is 11.7. The van der Waals surface area contributed by atoms with E-state index in [1.165, 1.54) is 12.1 Å². The minimum Gasteiger partial charge on any atom is -0.319 e. The third-order valence-electron chi connectivity index (χ3n) is 3.74. The number of hydrogen-bond donors (Lipinski definition) is 1. The average Bonchev–Trinajstić information content (AvgIpc) is 2.50. The first-order chi connectivity index (χ1) is 11.0. The summed E-state index contributed by atoms with van der Waals surface area (Å²) in [7, 11) is 0. The maximum atomic E-state index is 13.9. The molecule has 1 aromatic heterocycles. The maximum Gasteiger partial charge on any atom is 0.257 e. The highest BCUT2D eigenvalue weighted by atomic mass is 35.5. The lowest BCUT2D eigenvalue weighted by atomic mass is 10.0. The number of amides is 1. The highest BCUT2D eigenvalue weighted by Gasteiger charge is 2.17. The van der Waals surface area contributed by atoms with Gasteiger partial charge in [-0.15, -0.1) is 0 Å². The molecule has 1 N–H and O–H groups in total. The van der Waals surface area contributed by atoms with Crippen molar-refractivity contribution >= 4 is 34.1 Å². The standard InChI is InChI=1S/C18H14ClFN2O/c1-10-13-5-3-4-6-15(13)21-11(2)17(10)18(23)22-16-8-7-12(19)9-14(16)20/h3-9H,1-2H3,(H,22,23). The van der Waals surface area contributed by atoms with E-state index in [0.717, 1.165) is 22.5 Å². The van der Waals surface area contributed by atoms with Crippen molar-refractivity contribution in [2.75, 3.05) is 5.32 Å². The van der Waals surface area contributed by atoms with Crippen molar-refractivity contribution in [1.82, 2.24) is 4.98 Å². The van der Waals surface area contributed by atoms with Gasteiger partial charge in [-0.1, -0.05) is 29.8 Å². The van der Waals surface area contributed by atoms with Crippen LogP contribution in [0.5, 0.6) is 0 Å². The van der Waals surface area contributed by atoms with Crippen LogP contribution in [0.3, 0.4) is 0 Å². The largest absolute Gasteiger partial charge is 0.319 e. The van der Waals surface area contributed by atoms with Crippen molar-refractivity contribution in [3.05, 3.63) is 70.1 Å². The zero-order valence-corrected chi connectivity index (χ0v) is 13.4. The zero-order valence-electron chi connectivity index (χ0n) is 12.7. The molecule has 0 atom stereocenters. The number of carbonyl (C=O) groups excluding carboxylic acids is 1. The van der Waals surface area contributed by atoms with Gasteiger partial charge in [0.15, 0.2) is 0 Å². The van der Waals surface area contributed by atoms with Gasteiger partial charge in [0.25, 0.3) is 5.91 Å². The second-order valence-electron chi connectivity index (χ2n) is 5.29. The monoisotopic (exact) mass is 328 g/mol. The number of nitrogens with zero attached hydrogens (tertiary/aromatic N) is 1. The van der Waals surface area contributed by atoms with Crippen molar-refractivity contribution in [1.29, 1.82) is 0 Å². The number of anilines is 1. The summed E-state index contributed by atoms with van der Waals surface area (Å²) in [6.45, 7) is 3.64. The Morgan fingerprint density at radius 2 is 1.91 bits per heavy atom. The minimum atomic E-state index is -0.574. The lowest BCUT2D eigenvalue weighted by Crippen LogP contribution is -2.17. The van der Waals surface area contributed by atoms with Gasteiger partial charge < -0.3 is 5.32 Å². The molecule has 3 aromatic rings. The summed E-state index contributed by atoms with van der Waals surface area (Å²) in [4.78, 5) is 17.0. The molecule has 1 heterocycles. The number of pyridine rings is 1. The molecule has 0 aliphatic carbocycles. The quantitative estimate of drug-likeness (QED) is 0.727. The van der Waals surface area contributed by atoms with Gasteiger partial charge in [-0.2, -0.15) is 0 Å². The summed E-state index contributed by atoms with van der Waals surface area (Å²) in [5.41, 5.74) is 2.80. The van der Waals surface area contributed by atoms with Crippen LogP contribution in [0, 0.1) is 19.7 Å². The van der Waals surface area contributed by atoms with Crippen molar-refractivity contribution in [3.8, 4) is 0 Å². The first-order valence-corrected chi connectivity index (χ1v) is 7.47. The second kappa shape index (κ2) is 5.97. The lowest BCUT2D eigenvalue weighted by molar-refractivity contribution is 0.102. The summed E-state index contributed by atoms with van der Waals surface area (Å²) >= 11 is 5.72. The Hall–Kier alpha value is -2.46. The predicted octanol–water partition coefficient (Wildman–Crippen LogP) is 4.90. The molecule has 3 rings (SSSR count). The normalized spacial score (nSPS) is 10.8. The molecule has 2 aromatic carbocycles. The van der Waals surface area contributed by atoms with Crippen LogP contribution in [0.1, 0.15) is 21.6 Å². The Kier molecular flexibility index (Phi) is 4.01. The minimum absolute atomic E-state index is 0.0892. The summed E-state index contributed by atoms with van der Waals surface area (Å²) < 4.78 is 13.9. The molecule has 0 fully saturated rings. The molecule has 0 saturated carbocycles. The van der Waals surface area contributed by atoms with Gasteiger partial charge >= 0.3 is 0 Å². The van der Waals surface area contributed by atoms with E-state index in [4.69, 9.17) is 11.6 Å². The zero-order chi connectivity index (χ0) is 16.6. The molecule has 0 saturated heterocycles. The Bertz CT molecular complexity index is 924. The molecule has 0 aliphatic rings. The van der Waals surface area contributed by atoms with Crippen LogP contribution in [0.4, 0.5) is 10.1 Å². The number of benzene rings is 2. The molecule has 0 aliphatic heterocycles. The molecule has 3 nitrogen and oxygen atoms in total. The van der Waals surface area contributed by atoms with Gasteiger partial charge in [0.2, 0.25) is 0 Å². The summed E-state index contributed by atoms with van der Waals surface area (Å²) in [5, 5.41) is 3.77. The Morgan fingerprint density at radius 1 is 1.17 bits per heavy atom. The van der Waals surface area contributed by atoms with Crippen molar-refractivity contribution in [3.63, 3.8) is 0 Å². The van der Waals surface area contributed by atoms with E-state index >= 15 is 0 Å². The molecule has 0 radical (unpaired) electrons. The van der Waals surface area contributed by atoms with E-state index < -0.39 is 5.82 Å². The average molecular weight is 329 g/mol. The van der Waals surface area contributed by atoms with Crippen LogP contribution >= 0.6 is 11.6 Å². The Morgan fingerprint density at radius 3 is 2.65 bits per heavy atom. The van der Waals surface area contributed by atoms with Gasteiger partial charge in [0, 0.05) is 10.4 Å². The van der Waals surface area contributed by atoms with Gasteiger partial charge in [-0.25, -0.2) is 4.39 Å². The molecule has 116 valence electrons. The Labute approximate surface area is 138 Å². The van der Waals surface area contributed by atoms with E-state index in [1.54, 1.807) is 6.92 Å². The predicted molar refractivity (Wildman–Crippen MR) is 90.6 cm³/mol. The van der Waals surface area contributed by atoms with E-state index in [2.05, 4.69) is 10.3 Å². The van der Waals surface area contributed by atoms with Crippen LogP contribution in [-0.4, -0.2) is 10.9 Å². The number of hydrogen-bond acceptors (Lipinski definition) is 2. The van der Waals surface area contributed by atoms with Crippen LogP contribution < -0.4 is 5.32 Å². The topological polar surface area (TPSA) is 42.0 Å². The van der Waals surface area contributed by atoms with Crippen molar-refractivity contribution in [2.45, 2.75) is 13.8 Å². The maximum absolute atomic E-state index is 13.9. The SMILES string of the molecule is Cc1nc2ccccc2c(C)c1C(=O)Nc1ccc(Cl)cc1F. The number of para-hydroxylation sites is 1.